The summed E-state index contributed by atoms with van der Waals surface area (Å²) in [6.07, 6.45) is 0.602. The van der Waals surface area contributed by atoms with Gasteiger partial charge in [-0.15, -0.1) is 0 Å². The lowest BCUT2D eigenvalue weighted by Gasteiger charge is -2.25. The van der Waals surface area contributed by atoms with Gasteiger partial charge in [0, 0.05) is 15.3 Å². The van der Waals surface area contributed by atoms with Crippen LogP contribution in [0.2, 0.25) is 0 Å². The van der Waals surface area contributed by atoms with E-state index in [1.165, 1.54) is 12.1 Å². The molecule has 0 fully saturated rings. The molecule has 3 nitrogen and oxygen atoms in total. The summed E-state index contributed by atoms with van der Waals surface area (Å²) in [5.41, 5.74) is -0.637. The molecule has 1 N–H and O–H groups in total. The maximum Gasteiger partial charge on any atom is 0.243 e. The van der Waals surface area contributed by atoms with Crippen LogP contribution in [0.15, 0.2) is 27.6 Å². The van der Waals surface area contributed by atoms with E-state index in [1.807, 2.05) is 0 Å². The van der Waals surface area contributed by atoms with Crippen LogP contribution in [0.3, 0.4) is 0 Å². The Bertz CT molecular complexity index is 532. The first-order chi connectivity index (χ1) is 8.18. The summed E-state index contributed by atoms with van der Waals surface area (Å²) in [4.78, 5) is -0.339. The summed E-state index contributed by atoms with van der Waals surface area (Å²) in [5, 5.41) is 0.658. The van der Waals surface area contributed by atoms with Crippen molar-refractivity contribution in [1.82, 2.24) is 4.72 Å². The van der Waals surface area contributed by atoms with Crippen molar-refractivity contribution >= 4 is 41.9 Å². The molecule has 0 saturated heterocycles. The van der Waals surface area contributed by atoms with Crippen molar-refractivity contribution in [2.45, 2.75) is 30.7 Å². The van der Waals surface area contributed by atoms with Gasteiger partial charge >= 0.3 is 0 Å². The molecule has 0 aromatic heterocycles. The fraction of sp³-hybridized carbons (Fsp3) is 0.455. The standard InChI is InChI=1S/C11H14Br2FNO2S/c1-11(2,5-6-12)15-18(16,17)10-4-3-8(13)7-9(10)14/h3-4,7,15H,5-6H2,1-2H3. The molecule has 0 aliphatic rings. The third-order valence-corrected chi connectivity index (χ3v) is 4.93. The minimum absolute atomic E-state index is 0.339. The molecule has 0 aliphatic heterocycles. The molecule has 18 heavy (non-hydrogen) atoms. The van der Waals surface area contributed by atoms with E-state index >= 15 is 0 Å². The highest BCUT2D eigenvalue weighted by Gasteiger charge is 2.27. The fourth-order valence-corrected chi connectivity index (χ4v) is 4.23. The van der Waals surface area contributed by atoms with Crippen LogP contribution in [-0.4, -0.2) is 19.3 Å². The quantitative estimate of drug-likeness (QED) is 0.767. The van der Waals surface area contributed by atoms with Crippen LogP contribution in [0.5, 0.6) is 0 Å². The maximum atomic E-state index is 13.6. The van der Waals surface area contributed by atoms with E-state index in [0.29, 0.717) is 16.2 Å². The summed E-state index contributed by atoms with van der Waals surface area (Å²) in [6, 6.07) is 3.87. The molecule has 0 amide bonds. The van der Waals surface area contributed by atoms with Crippen molar-refractivity contribution in [3.05, 3.63) is 28.5 Å². The van der Waals surface area contributed by atoms with Crippen LogP contribution in [0.4, 0.5) is 4.39 Å². The van der Waals surface area contributed by atoms with Gasteiger partial charge in [-0.05, 0) is 38.5 Å². The van der Waals surface area contributed by atoms with Gasteiger partial charge in [0.2, 0.25) is 10.0 Å². The van der Waals surface area contributed by atoms with E-state index in [1.54, 1.807) is 13.8 Å². The first kappa shape index (κ1) is 16.1. The van der Waals surface area contributed by atoms with Gasteiger partial charge in [-0.3, -0.25) is 0 Å². The highest BCUT2D eigenvalue weighted by atomic mass is 79.9. The average molecular weight is 403 g/mol. The number of hydrogen-bond donors (Lipinski definition) is 1. The summed E-state index contributed by atoms with van der Waals surface area (Å²) in [5.74, 6) is -0.772. The molecule has 102 valence electrons. The number of hydrogen-bond acceptors (Lipinski definition) is 2. The number of halogens is 3. The molecule has 1 rings (SSSR count). The van der Waals surface area contributed by atoms with Crippen molar-refractivity contribution in [2.75, 3.05) is 5.33 Å². The van der Waals surface area contributed by atoms with Crippen molar-refractivity contribution in [3.63, 3.8) is 0 Å². The normalized spacial score (nSPS) is 12.7. The first-order valence-corrected chi connectivity index (χ1v) is 8.63. The molecule has 7 heteroatoms. The molecule has 1 aromatic carbocycles. The smallest absolute Gasteiger partial charge is 0.207 e. The number of benzene rings is 1. The van der Waals surface area contributed by atoms with Crippen LogP contribution < -0.4 is 4.72 Å². The summed E-state index contributed by atoms with van der Waals surface area (Å²) < 4.78 is 40.8. The molecule has 0 aliphatic carbocycles. The predicted molar refractivity (Wildman–Crippen MR) is 76.9 cm³/mol. The van der Waals surface area contributed by atoms with Crippen molar-refractivity contribution in [3.8, 4) is 0 Å². The summed E-state index contributed by atoms with van der Waals surface area (Å²) >= 11 is 6.35. The molecule has 0 unspecified atom stereocenters. The summed E-state index contributed by atoms with van der Waals surface area (Å²) in [6.45, 7) is 3.51. The highest BCUT2D eigenvalue weighted by Crippen LogP contribution is 2.21. The minimum atomic E-state index is -3.85. The van der Waals surface area contributed by atoms with E-state index in [0.717, 1.165) is 6.07 Å². The van der Waals surface area contributed by atoms with Crippen molar-refractivity contribution in [1.29, 1.82) is 0 Å². The Hall–Kier alpha value is 0.0200. The third kappa shape index (κ3) is 4.29. The Morgan fingerprint density at radius 2 is 2.00 bits per heavy atom. The fourth-order valence-electron chi connectivity index (χ4n) is 1.40. The van der Waals surface area contributed by atoms with Gasteiger partial charge in [0.05, 0.1) is 0 Å². The van der Waals surface area contributed by atoms with Gasteiger partial charge < -0.3 is 0 Å². The SMILES string of the molecule is CC(C)(CCBr)NS(=O)(=O)c1ccc(Br)cc1F. The molecule has 0 radical (unpaired) electrons. The Kier molecular flexibility index (Phi) is 5.34. The molecular formula is C11H14Br2FNO2S. The van der Waals surface area contributed by atoms with E-state index in [9.17, 15) is 12.8 Å². The second-order valence-electron chi connectivity index (χ2n) is 4.50. The lowest BCUT2D eigenvalue weighted by Crippen LogP contribution is -2.43. The van der Waals surface area contributed by atoms with Gasteiger partial charge in [-0.1, -0.05) is 31.9 Å². The zero-order valence-corrected chi connectivity index (χ0v) is 14.0. The van der Waals surface area contributed by atoms with Crippen LogP contribution in [0, 0.1) is 5.82 Å². The van der Waals surface area contributed by atoms with Crippen LogP contribution in [0.25, 0.3) is 0 Å². The van der Waals surface area contributed by atoms with Crippen LogP contribution >= 0.6 is 31.9 Å². The second-order valence-corrected chi connectivity index (χ2v) is 7.86. The van der Waals surface area contributed by atoms with E-state index in [2.05, 4.69) is 36.6 Å². The van der Waals surface area contributed by atoms with Gasteiger partial charge in [-0.25, -0.2) is 17.5 Å². The third-order valence-electron chi connectivity index (χ3n) is 2.31. The zero-order chi connectivity index (χ0) is 14.0. The van der Waals surface area contributed by atoms with E-state index in [4.69, 9.17) is 0 Å². The molecule has 0 saturated carbocycles. The lowest BCUT2D eigenvalue weighted by atomic mass is 10.0. The van der Waals surface area contributed by atoms with Gasteiger partial charge in [0.1, 0.15) is 10.7 Å². The van der Waals surface area contributed by atoms with Crippen LogP contribution in [0.1, 0.15) is 20.3 Å². The number of nitrogens with one attached hydrogen (secondary N) is 1. The van der Waals surface area contributed by atoms with E-state index in [-0.39, 0.29) is 4.90 Å². The second kappa shape index (κ2) is 5.98. The van der Waals surface area contributed by atoms with Crippen molar-refractivity contribution < 1.29 is 12.8 Å². The largest absolute Gasteiger partial charge is 0.243 e. The first-order valence-electron chi connectivity index (χ1n) is 5.23. The Labute approximate surface area is 123 Å². The minimum Gasteiger partial charge on any atom is -0.207 e. The van der Waals surface area contributed by atoms with Gasteiger partial charge in [0.15, 0.2) is 0 Å². The van der Waals surface area contributed by atoms with Gasteiger partial charge in [-0.2, -0.15) is 0 Å². The Morgan fingerprint density at radius 1 is 1.39 bits per heavy atom. The lowest BCUT2D eigenvalue weighted by molar-refractivity contribution is 0.441. The monoisotopic (exact) mass is 401 g/mol. The predicted octanol–water partition coefficient (Wildman–Crippen LogP) is 3.43. The Morgan fingerprint density at radius 3 is 2.50 bits per heavy atom. The molecule has 1 aromatic rings. The van der Waals surface area contributed by atoms with Gasteiger partial charge in [0.25, 0.3) is 0 Å². The van der Waals surface area contributed by atoms with E-state index < -0.39 is 21.4 Å². The highest BCUT2D eigenvalue weighted by molar-refractivity contribution is 9.10. The maximum absolute atomic E-state index is 13.6. The molecule has 0 bridgehead atoms. The number of alkyl halides is 1. The topological polar surface area (TPSA) is 46.2 Å². The van der Waals surface area contributed by atoms with Crippen LogP contribution in [-0.2, 0) is 10.0 Å². The van der Waals surface area contributed by atoms with Crippen molar-refractivity contribution in [2.24, 2.45) is 0 Å². The zero-order valence-electron chi connectivity index (χ0n) is 10.0. The molecule has 0 heterocycles. The summed E-state index contributed by atoms with van der Waals surface area (Å²) in [7, 11) is -3.85. The Balaban J connectivity index is 3.07. The number of sulfonamides is 1. The molecular weight excluding hydrogens is 389 g/mol. The molecule has 0 atom stereocenters. The number of rotatable bonds is 5. The molecule has 0 spiro atoms. The average Bonchev–Trinajstić information content (AvgIpc) is 2.14.